The number of hydrogen-bond donors (Lipinski definition) is 4. The van der Waals surface area contributed by atoms with Crippen LogP contribution in [0.3, 0.4) is 0 Å². The first-order chi connectivity index (χ1) is 14.1. The summed E-state index contributed by atoms with van der Waals surface area (Å²) in [5, 5.41) is 3.41. The normalized spacial score (nSPS) is 26.1. The molecule has 0 amide bonds. The maximum Gasteiger partial charge on any atom is 1.00 e. The van der Waals surface area contributed by atoms with Gasteiger partial charge in [-0.05, 0) is 12.5 Å². The predicted octanol–water partition coefficient (Wildman–Crippen LogP) is -3.47. The summed E-state index contributed by atoms with van der Waals surface area (Å²) in [4.78, 5) is 65.5. The van der Waals surface area contributed by atoms with Gasteiger partial charge in [-0.3, -0.25) is 23.4 Å². The van der Waals surface area contributed by atoms with Crippen LogP contribution >= 0.6 is 23.5 Å². The molecule has 1 saturated heterocycles. The molecule has 2 rings (SSSR count). The van der Waals surface area contributed by atoms with E-state index in [4.69, 9.17) is 20.1 Å². The van der Waals surface area contributed by atoms with Crippen LogP contribution in [-0.4, -0.2) is 43.0 Å². The maximum absolute atomic E-state index is 12.0. The molecule has 1 aromatic heterocycles. The van der Waals surface area contributed by atoms with Crippen LogP contribution in [0.25, 0.3) is 10.4 Å². The summed E-state index contributed by atoms with van der Waals surface area (Å²) < 4.78 is 51.5. The molecule has 1 aliphatic rings. The Labute approximate surface area is 199 Å². The van der Waals surface area contributed by atoms with E-state index in [0.717, 1.165) is 4.57 Å². The summed E-state index contributed by atoms with van der Waals surface area (Å²) in [6.07, 6.45) is -1.30. The SMILES string of the molecule is Cc1cn([C@H]2C[C@H](N=[N+]=[N-])[C@@H](COP(=O)(O)OP(=O)(O)OP(=O)([O-])O)O2)c(=O)[nH]c1=O.[Na+]. The van der Waals surface area contributed by atoms with Gasteiger partial charge < -0.3 is 24.3 Å². The Kier molecular flexibility index (Phi) is 10.3. The molecular formula is C10H15N5NaO13P3. The molecule has 1 aromatic rings. The first-order valence-electron chi connectivity index (χ1n) is 7.91. The second-order valence-electron chi connectivity index (χ2n) is 5.98. The molecule has 2 heterocycles. The van der Waals surface area contributed by atoms with E-state index in [1.165, 1.54) is 13.1 Å². The number of H-pyrrole nitrogens is 1. The minimum absolute atomic E-state index is 0. The standard InChI is InChI=1S/C10H16N5O13P3.Na/c1-5-3-15(10(17)12-9(5)16)8-2-6(13-14-11)7(26-8)4-25-30(21,22)28-31(23,24)27-29(18,19)20;/h3,6-8H,2,4H2,1H3,(H,21,22)(H,23,24)(H,12,16,17)(H2,18,19,20);/q;+1/p-1/t6-,7+,8+;/m0./s1. The van der Waals surface area contributed by atoms with Crippen molar-refractivity contribution in [2.24, 2.45) is 5.11 Å². The number of azide groups is 1. The van der Waals surface area contributed by atoms with Gasteiger partial charge in [-0.15, -0.1) is 0 Å². The molecule has 0 saturated carbocycles. The van der Waals surface area contributed by atoms with Gasteiger partial charge >= 0.3 is 50.9 Å². The molecule has 0 spiro atoms. The fraction of sp³-hybridized carbons (Fsp3) is 0.600. The van der Waals surface area contributed by atoms with E-state index in [9.17, 15) is 33.1 Å². The number of aryl methyl sites for hydroxylation is 1. The average molecular weight is 529 g/mol. The smallest absolute Gasteiger partial charge is 0.756 e. The number of aromatic nitrogens is 2. The van der Waals surface area contributed by atoms with Gasteiger partial charge in [-0.2, -0.15) is 4.31 Å². The molecule has 0 aliphatic carbocycles. The van der Waals surface area contributed by atoms with Crippen molar-refractivity contribution in [3.63, 3.8) is 0 Å². The quantitative estimate of drug-likeness (QED) is 0.0796. The maximum atomic E-state index is 12.0. The van der Waals surface area contributed by atoms with E-state index in [0.29, 0.717) is 0 Å². The van der Waals surface area contributed by atoms with Crippen molar-refractivity contribution in [2.45, 2.75) is 31.7 Å². The molecule has 1 aliphatic heterocycles. The van der Waals surface area contributed by atoms with Crippen LogP contribution < -0.4 is 45.7 Å². The molecule has 6 atom stereocenters. The van der Waals surface area contributed by atoms with Crippen LogP contribution in [0.1, 0.15) is 18.2 Å². The van der Waals surface area contributed by atoms with Crippen molar-refractivity contribution in [3.05, 3.63) is 43.0 Å². The molecular weight excluding hydrogens is 514 g/mol. The van der Waals surface area contributed by atoms with Crippen molar-refractivity contribution in [1.82, 2.24) is 9.55 Å². The second kappa shape index (κ2) is 11.2. The Bertz CT molecular complexity index is 1140. The first-order valence-corrected chi connectivity index (χ1v) is 12.4. The summed E-state index contributed by atoms with van der Waals surface area (Å²) in [6, 6.07) is -1.05. The van der Waals surface area contributed by atoms with E-state index in [1.807, 2.05) is 4.98 Å². The van der Waals surface area contributed by atoms with Crippen LogP contribution in [0.15, 0.2) is 20.9 Å². The third-order valence-electron chi connectivity index (χ3n) is 3.67. The molecule has 3 unspecified atom stereocenters. The van der Waals surface area contributed by atoms with E-state index in [-0.39, 0.29) is 41.5 Å². The minimum atomic E-state index is -5.80. The van der Waals surface area contributed by atoms with Gasteiger partial charge in [0.2, 0.25) is 0 Å². The van der Waals surface area contributed by atoms with Gasteiger partial charge in [0.15, 0.2) is 0 Å². The number of aromatic amines is 1. The number of ether oxygens (including phenoxy) is 1. The Morgan fingerprint density at radius 1 is 1.31 bits per heavy atom. The topological polar surface area (TPSA) is 275 Å². The summed E-state index contributed by atoms with van der Waals surface area (Å²) >= 11 is 0. The van der Waals surface area contributed by atoms with E-state index >= 15 is 0 Å². The molecule has 4 N–H and O–H groups in total. The molecule has 0 bridgehead atoms. The number of phosphoric acid groups is 3. The van der Waals surface area contributed by atoms with Crippen LogP contribution in [0.5, 0.6) is 0 Å². The number of hydrogen-bond acceptors (Lipinski definition) is 11. The minimum Gasteiger partial charge on any atom is -0.756 e. The summed E-state index contributed by atoms with van der Waals surface area (Å²) in [7, 11) is -17.0. The molecule has 22 heteroatoms. The first kappa shape index (κ1) is 29.4. The Morgan fingerprint density at radius 2 is 1.94 bits per heavy atom. The zero-order valence-corrected chi connectivity index (χ0v) is 21.0. The molecule has 32 heavy (non-hydrogen) atoms. The molecule has 0 radical (unpaired) electrons. The van der Waals surface area contributed by atoms with Gasteiger partial charge in [-0.25, -0.2) is 18.2 Å². The van der Waals surface area contributed by atoms with Gasteiger partial charge in [0, 0.05) is 23.1 Å². The average Bonchev–Trinajstić information content (AvgIpc) is 2.96. The van der Waals surface area contributed by atoms with Crippen LogP contribution in [0.4, 0.5) is 0 Å². The largest absolute Gasteiger partial charge is 1.00 e. The molecule has 0 aromatic carbocycles. The van der Waals surface area contributed by atoms with Crippen LogP contribution in [0.2, 0.25) is 0 Å². The van der Waals surface area contributed by atoms with Gasteiger partial charge in [0.25, 0.3) is 13.4 Å². The third-order valence-corrected chi connectivity index (χ3v) is 7.45. The molecule has 18 nitrogen and oxygen atoms in total. The summed E-state index contributed by atoms with van der Waals surface area (Å²) in [5.41, 5.74) is 7.36. The van der Waals surface area contributed by atoms with E-state index in [1.54, 1.807) is 0 Å². The monoisotopic (exact) mass is 529 g/mol. The number of rotatable bonds is 9. The second-order valence-corrected chi connectivity index (χ2v) is 10.4. The Hall–Kier alpha value is -0.640. The molecule has 1 fully saturated rings. The fourth-order valence-electron chi connectivity index (χ4n) is 2.49. The molecule has 174 valence electrons. The number of phosphoric ester groups is 1. The predicted molar refractivity (Wildman–Crippen MR) is 95.1 cm³/mol. The van der Waals surface area contributed by atoms with Crippen molar-refractivity contribution in [2.75, 3.05) is 6.61 Å². The zero-order chi connectivity index (χ0) is 23.6. The third kappa shape index (κ3) is 8.61. The van der Waals surface area contributed by atoms with Crippen LogP contribution in [-0.2, 0) is 31.6 Å². The summed E-state index contributed by atoms with van der Waals surface area (Å²) in [5.74, 6) is 0. The fourth-order valence-corrected chi connectivity index (χ4v) is 5.49. The Morgan fingerprint density at radius 3 is 2.50 bits per heavy atom. The van der Waals surface area contributed by atoms with Crippen molar-refractivity contribution in [3.8, 4) is 0 Å². The number of nitrogens with zero attached hydrogens (tertiary/aromatic N) is 4. The zero-order valence-electron chi connectivity index (χ0n) is 16.3. The van der Waals surface area contributed by atoms with Crippen molar-refractivity contribution >= 4 is 23.5 Å². The van der Waals surface area contributed by atoms with E-state index < -0.39 is 59.7 Å². The van der Waals surface area contributed by atoms with Crippen LogP contribution in [0, 0.1) is 6.92 Å². The number of nitrogens with one attached hydrogen (secondary N) is 1. The summed E-state index contributed by atoms with van der Waals surface area (Å²) in [6.45, 7) is 0.524. The Balaban J connectivity index is 0.00000512. The van der Waals surface area contributed by atoms with Crippen molar-refractivity contribution in [1.29, 1.82) is 0 Å². The van der Waals surface area contributed by atoms with Gasteiger partial charge in [-0.1, -0.05) is 5.11 Å². The van der Waals surface area contributed by atoms with Gasteiger partial charge in [0.1, 0.15) is 6.23 Å². The van der Waals surface area contributed by atoms with Gasteiger partial charge in [0.05, 0.1) is 18.8 Å². The van der Waals surface area contributed by atoms with Crippen molar-refractivity contribution < 1.29 is 80.7 Å². The van der Waals surface area contributed by atoms with E-state index in [2.05, 4.69) is 23.2 Å².